The van der Waals surface area contributed by atoms with Crippen LogP contribution in [0, 0.1) is 6.92 Å². The van der Waals surface area contributed by atoms with Gasteiger partial charge in [-0.25, -0.2) is 0 Å². The van der Waals surface area contributed by atoms with Gasteiger partial charge in [0.05, 0.1) is 9.89 Å². The van der Waals surface area contributed by atoms with E-state index in [-0.39, 0.29) is 6.10 Å². The lowest BCUT2D eigenvalue weighted by atomic mass is 10.2. The molecule has 4 heteroatoms. The van der Waals surface area contributed by atoms with Gasteiger partial charge < -0.3 is 5.11 Å². The second kappa shape index (κ2) is 4.78. The van der Waals surface area contributed by atoms with Crippen LogP contribution in [-0.2, 0) is 6.42 Å². The van der Waals surface area contributed by atoms with Gasteiger partial charge in [0.1, 0.15) is 0 Å². The van der Waals surface area contributed by atoms with Crippen LogP contribution in [-0.4, -0.2) is 5.11 Å². The highest BCUT2D eigenvalue weighted by atomic mass is 79.9. The lowest BCUT2D eigenvalue weighted by Crippen LogP contribution is -1.97. The molecule has 1 nitrogen and oxygen atoms in total. The molecular formula is C11H11BrOS2. The lowest BCUT2D eigenvalue weighted by Gasteiger charge is -2.05. The van der Waals surface area contributed by atoms with Crippen molar-refractivity contribution < 1.29 is 5.11 Å². The molecule has 2 aromatic heterocycles. The minimum atomic E-state index is -0.366. The van der Waals surface area contributed by atoms with E-state index in [4.69, 9.17) is 0 Å². The number of rotatable bonds is 3. The molecule has 2 aromatic rings. The van der Waals surface area contributed by atoms with E-state index in [0.29, 0.717) is 6.42 Å². The zero-order valence-corrected chi connectivity index (χ0v) is 11.5. The molecule has 0 fully saturated rings. The summed E-state index contributed by atoms with van der Waals surface area (Å²) < 4.78 is 1.12. The Morgan fingerprint density at radius 1 is 1.27 bits per heavy atom. The summed E-state index contributed by atoms with van der Waals surface area (Å²) in [6.45, 7) is 2.06. The van der Waals surface area contributed by atoms with E-state index >= 15 is 0 Å². The van der Waals surface area contributed by atoms with Gasteiger partial charge in [0, 0.05) is 21.1 Å². The molecule has 0 saturated heterocycles. The number of halogens is 1. The number of aliphatic hydroxyl groups is 1. The molecule has 0 saturated carbocycles. The standard InChI is InChI=1S/C11H11BrOS2/c1-7-2-4-10(14-7)9(13)6-8-3-5-11(12)15-8/h2-5,9,13H,6H2,1H3. The summed E-state index contributed by atoms with van der Waals surface area (Å²) in [4.78, 5) is 3.51. The highest BCUT2D eigenvalue weighted by Gasteiger charge is 2.11. The largest absolute Gasteiger partial charge is 0.387 e. The van der Waals surface area contributed by atoms with E-state index in [2.05, 4.69) is 28.9 Å². The fraction of sp³-hybridized carbons (Fsp3) is 0.273. The Balaban J connectivity index is 2.06. The Kier molecular flexibility index (Phi) is 3.61. The van der Waals surface area contributed by atoms with Crippen LogP contribution in [0.25, 0.3) is 0 Å². The molecule has 80 valence electrons. The second-order valence-corrected chi connectivity index (χ2v) is 7.24. The Morgan fingerprint density at radius 3 is 2.60 bits per heavy atom. The van der Waals surface area contributed by atoms with E-state index in [1.165, 1.54) is 9.75 Å². The molecule has 0 aliphatic rings. The van der Waals surface area contributed by atoms with Gasteiger partial charge in [-0.3, -0.25) is 0 Å². The zero-order valence-electron chi connectivity index (χ0n) is 8.24. The summed E-state index contributed by atoms with van der Waals surface area (Å²) in [7, 11) is 0. The zero-order chi connectivity index (χ0) is 10.8. The molecule has 0 spiro atoms. The van der Waals surface area contributed by atoms with Crippen molar-refractivity contribution in [1.82, 2.24) is 0 Å². The van der Waals surface area contributed by atoms with Gasteiger partial charge in [-0.2, -0.15) is 0 Å². The number of hydrogen-bond acceptors (Lipinski definition) is 3. The second-order valence-electron chi connectivity index (χ2n) is 3.37. The maximum absolute atomic E-state index is 10.00. The minimum absolute atomic E-state index is 0.366. The summed E-state index contributed by atoms with van der Waals surface area (Å²) in [5, 5.41) is 10.00. The molecule has 2 heterocycles. The third-order valence-corrected chi connectivity index (χ3v) is 4.86. The van der Waals surface area contributed by atoms with E-state index < -0.39 is 0 Å². The van der Waals surface area contributed by atoms with Crippen LogP contribution in [0.15, 0.2) is 28.1 Å². The maximum atomic E-state index is 10.00. The molecule has 0 bridgehead atoms. The van der Waals surface area contributed by atoms with E-state index in [0.717, 1.165) is 8.66 Å². The minimum Gasteiger partial charge on any atom is -0.387 e. The van der Waals surface area contributed by atoms with Crippen molar-refractivity contribution in [1.29, 1.82) is 0 Å². The quantitative estimate of drug-likeness (QED) is 0.903. The van der Waals surface area contributed by atoms with Gasteiger partial charge in [0.25, 0.3) is 0 Å². The Morgan fingerprint density at radius 2 is 2.07 bits per heavy atom. The maximum Gasteiger partial charge on any atom is 0.0930 e. The van der Waals surface area contributed by atoms with Gasteiger partial charge in [-0.15, -0.1) is 22.7 Å². The third kappa shape index (κ3) is 2.91. The van der Waals surface area contributed by atoms with Crippen molar-refractivity contribution in [3.8, 4) is 0 Å². The van der Waals surface area contributed by atoms with E-state index in [9.17, 15) is 5.11 Å². The molecule has 0 aromatic carbocycles. The van der Waals surface area contributed by atoms with Crippen molar-refractivity contribution in [2.75, 3.05) is 0 Å². The van der Waals surface area contributed by atoms with Gasteiger partial charge >= 0.3 is 0 Å². The van der Waals surface area contributed by atoms with Crippen molar-refractivity contribution in [3.63, 3.8) is 0 Å². The topological polar surface area (TPSA) is 20.2 Å². The molecule has 15 heavy (non-hydrogen) atoms. The van der Waals surface area contributed by atoms with Crippen LogP contribution in [0.2, 0.25) is 0 Å². The number of hydrogen-bond donors (Lipinski definition) is 1. The summed E-state index contributed by atoms with van der Waals surface area (Å²) in [5.41, 5.74) is 0. The number of aryl methyl sites for hydroxylation is 1. The molecule has 0 radical (unpaired) electrons. The van der Waals surface area contributed by atoms with E-state index in [1.54, 1.807) is 22.7 Å². The third-order valence-electron chi connectivity index (χ3n) is 2.11. The first kappa shape index (κ1) is 11.3. The average molecular weight is 303 g/mol. The first-order valence-corrected chi connectivity index (χ1v) is 7.06. The van der Waals surface area contributed by atoms with Crippen LogP contribution in [0.5, 0.6) is 0 Å². The van der Waals surface area contributed by atoms with Gasteiger partial charge in [-0.05, 0) is 47.1 Å². The van der Waals surface area contributed by atoms with Crippen molar-refractivity contribution in [2.24, 2.45) is 0 Å². The molecule has 1 unspecified atom stereocenters. The van der Waals surface area contributed by atoms with Crippen LogP contribution in [0.3, 0.4) is 0 Å². The van der Waals surface area contributed by atoms with Gasteiger partial charge in [0.2, 0.25) is 0 Å². The molecule has 0 aliphatic heterocycles. The number of aliphatic hydroxyl groups excluding tert-OH is 1. The average Bonchev–Trinajstić information content (AvgIpc) is 2.75. The monoisotopic (exact) mass is 302 g/mol. The molecular weight excluding hydrogens is 292 g/mol. The first-order valence-electron chi connectivity index (χ1n) is 4.64. The summed E-state index contributed by atoms with van der Waals surface area (Å²) in [6.07, 6.45) is 0.338. The summed E-state index contributed by atoms with van der Waals surface area (Å²) >= 11 is 6.77. The highest BCUT2D eigenvalue weighted by molar-refractivity contribution is 9.11. The summed E-state index contributed by atoms with van der Waals surface area (Å²) in [5.74, 6) is 0. The highest BCUT2D eigenvalue weighted by Crippen LogP contribution is 2.29. The Hall–Kier alpha value is -0.160. The molecule has 0 aliphatic carbocycles. The van der Waals surface area contributed by atoms with Crippen molar-refractivity contribution in [2.45, 2.75) is 19.4 Å². The molecule has 1 atom stereocenters. The first-order chi connectivity index (χ1) is 7.15. The van der Waals surface area contributed by atoms with Crippen LogP contribution >= 0.6 is 38.6 Å². The predicted molar refractivity (Wildman–Crippen MR) is 69.7 cm³/mol. The van der Waals surface area contributed by atoms with Crippen LogP contribution in [0.1, 0.15) is 20.7 Å². The SMILES string of the molecule is Cc1ccc(C(O)Cc2ccc(Br)s2)s1. The summed E-state index contributed by atoms with van der Waals surface area (Å²) in [6, 6.07) is 8.13. The van der Waals surface area contributed by atoms with Gasteiger partial charge in [0.15, 0.2) is 0 Å². The molecule has 1 N–H and O–H groups in total. The normalized spacial score (nSPS) is 13.0. The van der Waals surface area contributed by atoms with Crippen LogP contribution in [0.4, 0.5) is 0 Å². The molecule has 0 amide bonds. The smallest absolute Gasteiger partial charge is 0.0930 e. The van der Waals surface area contributed by atoms with Crippen molar-refractivity contribution >= 4 is 38.6 Å². The fourth-order valence-electron chi connectivity index (χ4n) is 1.39. The number of thiophene rings is 2. The predicted octanol–water partition coefficient (Wildman–Crippen LogP) is 4.16. The van der Waals surface area contributed by atoms with Crippen molar-refractivity contribution in [3.05, 3.63) is 42.7 Å². The molecule has 2 rings (SSSR count). The Labute approximate surface area is 106 Å². The van der Waals surface area contributed by atoms with Crippen LogP contribution < -0.4 is 0 Å². The Bertz CT molecular complexity index is 447. The lowest BCUT2D eigenvalue weighted by molar-refractivity contribution is 0.183. The fourth-order valence-corrected chi connectivity index (χ4v) is 3.77. The van der Waals surface area contributed by atoms with Gasteiger partial charge in [-0.1, -0.05) is 0 Å². The van der Waals surface area contributed by atoms with E-state index in [1.807, 2.05) is 18.2 Å².